The topological polar surface area (TPSA) is 35.5 Å². The standard InChI is InChI=1S/C11H12F2O3/c1-11(12,13)10(14)7-4-8(15-2)6-9(5-7)16-3/h4-6H,1-3H3. The molecule has 0 bridgehead atoms. The summed E-state index contributed by atoms with van der Waals surface area (Å²) in [5, 5.41) is 0. The Bertz CT molecular complexity index is 374. The summed E-state index contributed by atoms with van der Waals surface area (Å²) >= 11 is 0. The van der Waals surface area contributed by atoms with Gasteiger partial charge in [0.15, 0.2) is 0 Å². The van der Waals surface area contributed by atoms with Crippen molar-refractivity contribution in [2.24, 2.45) is 0 Å². The fourth-order valence-electron chi connectivity index (χ4n) is 1.19. The summed E-state index contributed by atoms with van der Waals surface area (Å²) in [6.45, 7) is 0.557. The number of Topliss-reactive ketones (excluding diaryl/α,β-unsaturated/α-hetero) is 1. The van der Waals surface area contributed by atoms with Crippen LogP contribution in [0.15, 0.2) is 18.2 Å². The molecule has 88 valence electrons. The molecule has 1 aromatic carbocycles. The number of rotatable bonds is 4. The van der Waals surface area contributed by atoms with Gasteiger partial charge >= 0.3 is 5.92 Å². The van der Waals surface area contributed by atoms with Crippen molar-refractivity contribution in [1.82, 2.24) is 0 Å². The molecule has 0 unspecified atom stereocenters. The SMILES string of the molecule is COc1cc(OC)cc(C(=O)C(C)(F)F)c1. The Morgan fingerprint density at radius 2 is 1.56 bits per heavy atom. The predicted molar refractivity (Wildman–Crippen MR) is 54.5 cm³/mol. The van der Waals surface area contributed by atoms with E-state index in [9.17, 15) is 13.6 Å². The van der Waals surface area contributed by atoms with Crippen LogP contribution in [0.2, 0.25) is 0 Å². The second-order valence-electron chi connectivity index (χ2n) is 3.32. The van der Waals surface area contributed by atoms with E-state index in [-0.39, 0.29) is 5.56 Å². The Balaban J connectivity index is 3.18. The highest BCUT2D eigenvalue weighted by molar-refractivity contribution is 6.01. The molecule has 0 radical (unpaired) electrons. The summed E-state index contributed by atoms with van der Waals surface area (Å²) in [6.07, 6.45) is 0. The monoisotopic (exact) mass is 230 g/mol. The molecule has 0 amide bonds. The Kier molecular flexibility index (Phi) is 3.47. The minimum Gasteiger partial charge on any atom is -0.497 e. The van der Waals surface area contributed by atoms with E-state index < -0.39 is 11.7 Å². The van der Waals surface area contributed by atoms with Crippen LogP contribution in [0.25, 0.3) is 0 Å². The maximum Gasteiger partial charge on any atom is 0.307 e. The van der Waals surface area contributed by atoms with Gasteiger partial charge in [-0.25, -0.2) is 0 Å². The highest BCUT2D eigenvalue weighted by Crippen LogP contribution is 2.27. The molecule has 0 aliphatic rings. The molecule has 0 heterocycles. The van der Waals surface area contributed by atoms with Crippen LogP contribution in [-0.4, -0.2) is 25.9 Å². The van der Waals surface area contributed by atoms with Crippen LogP contribution in [0.1, 0.15) is 17.3 Å². The lowest BCUT2D eigenvalue weighted by atomic mass is 10.1. The molecule has 1 rings (SSSR count). The van der Waals surface area contributed by atoms with Crippen molar-refractivity contribution in [3.8, 4) is 11.5 Å². The maximum absolute atomic E-state index is 12.8. The van der Waals surface area contributed by atoms with Crippen LogP contribution >= 0.6 is 0 Å². The van der Waals surface area contributed by atoms with Crippen LogP contribution in [0.3, 0.4) is 0 Å². The second kappa shape index (κ2) is 4.47. The molecule has 5 heteroatoms. The summed E-state index contributed by atoms with van der Waals surface area (Å²) < 4.78 is 35.4. The second-order valence-corrected chi connectivity index (χ2v) is 3.32. The fourth-order valence-corrected chi connectivity index (χ4v) is 1.19. The average molecular weight is 230 g/mol. The lowest BCUT2D eigenvalue weighted by Crippen LogP contribution is -2.24. The van der Waals surface area contributed by atoms with Crippen LogP contribution in [0.4, 0.5) is 8.78 Å². The normalized spacial score (nSPS) is 11.1. The number of benzene rings is 1. The highest BCUT2D eigenvalue weighted by Gasteiger charge is 2.33. The first-order chi connectivity index (χ1) is 7.38. The van der Waals surface area contributed by atoms with E-state index in [1.165, 1.54) is 32.4 Å². The van der Waals surface area contributed by atoms with Gasteiger partial charge in [0, 0.05) is 18.6 Å². The van der Waals surface area contributed by atoms with Gasteiger partial charge in [-0.1, -0.05) is 0 Å². The molecule has 0 atom stereocenters. The number of hydrogen-bond acceptors (Lipinski definition) is 3. The summed E-state index contributed by atoms with van der Waals surface area (Å²) in [5.74, 6) is -4.07. The van der Waals surface area contributed by atoms with Gasteiger partial charge in [0.1, 0.15) is 11.5 Å². The lowest BCUT2D eigenvalue weighted by molar-refractivity contribution is 0.0221. The Morgan fingerprint density at radius 1 is 1.12 bits per heavy atom. The Labute approximate surface area is 92.0 Å². The predicted octanol–water partition coefficient (Wildman–Crippen LogP) is 2.54. The molecule has 0 aliphatic heterocycles. The van der Waals surface area contributed by atoms with Crippen molar-refractivity contribution in [2.75, 3.05) is 14.2 Å². The molecule has 0 spiro atoms. The zero-order valence-electron chi connectivity index (χ0n) is 9.21. The molecule has 0 aromatic heterocycles. The summed E-state index contributed by atoms with van der Waals surface area (Å²) in [6, 6.07) is 4.01. The molecule has 0 fully saturated rings. The van der Waals surface area contributed by atoms with E-state index in [0.717, 1.165) is 0 Å². The van der Waals surface area contributed by atoms with Crippen molar-refractivity contribution in [3.63, 3.8) is 0 Å². The van der Waals surface area contributed by atoms with E-state index in [0.29, 0.717) is 18.4 Å². The summed E-state index contributed by atoms with van der Waals surface area (Å²) in [4.78, 5) is 11.3. The molecular weight excluding hydrogens is 218 g/mol. The maximum atomic E-state index is 12.8. The summed E-state index contributed by atoms with van der Waals surface area (Å²) in [7, 11) is 2.76. The number of hydrogen-bond donors (Lipinski definition) is 0. The van der Waals surface area contributed by atoms with Gasteiger partial charge in [0.2, 0.25) is 5.78 Å². The number of carbonyl (C=O) groups excluding carboxylic acids is 1. The number of halogens is 2. The molecule has 0 saturated carbocycles. The molecule has 0 N–H and O–H groups in total. The minimum absolute atomic E-state index is 0.135. The van der Waals surface area contributed by atoms with Crippen LogP contribution < -0.4 is 9.47 Å². The number of carbonyl (C=O) groups is 1. The molecule has 0 saturated heterocycles. The minimum atomic E-state index is -3.41. The number of ketones is 1. The first-order valence-electron chi connectivity index (χ1n) is 4.54. The van der Waals surface area contributed by atoms with Gasteiger partial charge < -0.3 is 9.47 Å². The third-order valence-electron chi connectivity index (χ3n) is 2.01. The van der Waals surface area contributed by atoms with E-state index in [1.807, 2.05) is 0 Å². The quantitative estimate of drug-likeness (QED) is 0.745. The van der Waals surface area contributed by atoms with E-state index in [1.54, 1.807) is 0 Å². The Morgan fingerprint density at radius 3 is 1.88 bits per heavy atom. The molecular formula is C11H12F2O3. The van der Waals surface area contributed by atoms with Crippen LogP contribution in [0, 0.1) is 0 Å². The lowest BCUT2D eigenvalue weighted by Gasteiger charge is -2.11. The average Bonchev–Trinajstić information content (AvgIpc) is 2.26. The number of alkyl halides is 2. The third kappa shape index (κ3) is 2.68. The van der Waals surface area contributed by atoms with Crippen LogP contribution in [-0.2, 0) is 0 Å². The first-order valence-corrected chi connectivity index (χ1v) is 4.54. The molecule has 1 aromatic rings. The molecule has 3 nitrogen and oxygen atoms in total. The van der Waals surface area contributed by atoms with Gasteiger partial charge in [0.25, 0.3) is 0 Å². The van der Waals surface area contributed by atoms with Crippen molar-refractivity contribution in [2.45, 2.75) is 12.8 Å². The fraction of sp³-hybridized carbons (Fsp3) is 0.364. The van der Waals surface area contributed by atoms with E-state index >= 15 is 0 Å². The Hall–Kier alpha value is -1.65. The van der Waals surface area contributed by atoms with Gasteiger partial charge in [0.05, 0.1) is 14.2 Å². The van der Waals surface area contributed by atoms with Crippen molar-refractivity contribution in [1.29, 1.82) is 0 Å². The van der Waals surface area contributed by atoms with Gasteiger partial charge in [-0.05, 0) is 12.1 Å². The van der Waals surface area contributed by atoms with Gasteiger partial charge in [-0.15, -0.1) is 0 Å². The van der Waals surface area contributed by atoms with Crippen LogP contribution in [0.5, 0.6) is 11.5 Å². The molecule has 16 heavy (non-hydrogen) atoms. The largest absolute Gasteiger partial charge is 0.497 e. The smallest absolute Gasteiger partial charge is 0.307 e. The van der Waals surface area contributed by atoms with Crippen molar-refractivity contribution in [3.05, 3.63) is 23.8 Å². The number of methoxy groups -OCH3 is 2. The molecule has 0 aliphatic carbocycles. The van der Waals surface area contributed by atoms with Gasteiger partial charge in [-0.3, -0.25) is 4.79 Å². The summed E-state index contributed by atoms with van der Waals surface area (Å²) in [5.41, 5.74) is -0.135. The zero-order chi connectivity index (χ0) is 12.3. The van der Waals surface area contributed by atoms with Gasteiger partial charge in [-0.2, -0.15) is 8.78 Å². The zero-order valence-corrected chi connectivity index (χ0v) is 9.21. The van der Waals surface area contributed by atoms with Crippen molar-refractivity contribution >= 4 is 5.78 Å². The van der Waals surface area contributed by atoms with Crippen molar-refractivity contribution < 1.29 is 23.0 Å². The van der Waals surface area contributed by atoms with E-state index in [4.69, 9.17) is 9.47 Å². The first kappa shape index (κ1) is 12.4. The third-order valence-corrected chi connectivity index (χ3v) is 2.01. The number of ether oxygens (including phenoxy) is 2. The van der Waals surface area contributed by atoms with E-state index in [2.05, 4.69) is 0 Å². The highest BCUT2D eigenvalue weighted by atomic mass is 19.3.